The molecule has 19 heavy (non-hydrogen) atoms. The maximum absolute atomic E-state index is 5.77. The fourth-order valence-electron chi connectivity index (χ4n) is 1.78. The average Bonchev–Trinajstić information content (AvgIpc) is 2.87. The third-order valence-electron chi connectivity index (χ3n) is 2.85. The highest BCUT2D eigenvalue weighted by atomic mass is 16.7. The van der Waals surface area contributed by atoms with Gasteiger partial charge in [-0.3, -0.25) is 0 Å². The van der Waals surface area contributed by atoms with Gasteiger partial charge in [0.15, 0.2) is 11.5 Å². The first-order valence-electron chi connectivity index (χ1n) is 6.01. The van der Waals surface area contributed by atoms with Crippen molar-refractivity contribution >= 4 is 0 Å². The second-order valence-corrected chi connectivity index (χ2v) is 4.34. The number of nitrogens with two attached hydrogens (primary N) is 1. The first kappa shape index (κ1) is 11.8. The van der Waals surface area contributed by atoms with Crippen LogP contribution >= 0.6 is 0 Å². The molecule has 98 valence electrons. The molecular formula is C14H14N2O3. The molecule has 0 fully saturated rings. The Kier molecular flexibility index (Phi) is 2.97. The molecule has 0 amide bonds. The van der Waals surface area contributed by atoms with Gasteiger partial charge in [-0.15, -0.1) is 0 Å². The van der Waals surface area contributed by atoms with Gasteiger partial charge in [0.05, 0.1) is 0 Å². The molecule has 2 N–H and O–H groups in total. The van der Waals surface area contributed by atoms with Crippen LogP contribution in [-0.2, 0) is 0 Å². The number of hydrogen-bond acceptors (Lipinski definition) is 5. The van der Waals surface area contributed by atoms with Crippen LogP contribution in [0.2, 0.25) is 0 Å². The van der Waals surface area contributed by atoms with E-state index in [1.807, 2.05) is 25.1 Å². The number of aromatic nitrogens is 1. The molecule has 0 radical (unpaired) electrons. The number of ether oxygens (including phenoxy) is 3. The highest BCUT2D eigenvalue weighted by molar-refractivity contribution is 5.47. The molecule has 0 saturated heterocycles. The number of benzene rings is 1. The van der Waals surface area contributed by atoms with E-state index in [4.69, 9.17) is 19.9 Å². The molecule has 0 bridgehead atoms. The summed E-state index contributed by atoms with van der Waals surface area (Å²) in [6, 6.07) is 9.07. The summed E-state index contributed by atoms with van der Waals surface area (Å²) in [4.78, 5) is 4.21. The molecule has 1 aliphatic rings. The Morgan fingerprint density at radius 3 is 2.79 bits per heavy atom. The molecule has 2 aromatic rings. The van der Waals surface area contributed by atoms with E-state index in [1.54, 1.807) is 18.3 Å². The monoisotopic (exact) mass is 258 g/mol. The second kappa shape index (κ2) is 4.78. The van der Waals surface area contributed by atoms with E-state index in [9.17, 15) is 0 Å². The number of rotatable bonds is 3. The minimum absolute atomic E-state index is 0.0351. The third kappa shape index (κ3) is 2.46. The molecule has 1 aliphatic heterocycles. The Morgan fingerprint density at radius 2 is 2.05 bits per heavy atom. The zero-order chi connectivity index (χ0) is 13.2. The third-order valence-corrected chi connectivity index (χ3v) is 2.85. The molecular weight excluding hydrogens is 244 g/mol. The Bertz CT molecular complexity index is 582. The first-order valence-corrected chi connectivity index (χ1v) is 6.01. The first-order chi connectivity index (χ1) is 9.22. The number of fused-ring (bicyclic) bond motifs is 1. The number of nitrogens with zero attached hydrogens (tertiary/aromatic N) is 1. The van der Waals surface area contributed by atoms with Crippen LogP contribution < -0.4 is 19.9 Å². The molecule has 5 nitrogen and oxygen atoms in total. The molecule has 5 heteroatoms. The quantitative estimate of drug-likeness (QED) is 0.916. The Labute approximate surface area is 110 Å². The molecule has 1 aromatic carbocycles. The Morgan fingerprint density at radius 1 is 1.21 bits per heavy atom. The van der Waals surface area contributed by atoms with Crippen molar-refractivity contribution < 1.29 is 14.2 Å². The van der Waals surface area contributed by atoms with Crippen molar-refractivity contribution in [2.45, 2.75) is 13.0 Å². The second-order valence-electron chi connectivity index (χ2n) is 4.34. The predicted octanol–water partition coefficient (Wildman–Crippen LogP) is 2.62. The molecule has 0 aliphatic carbocycles. The van der Waals surface area contributed by atoms with Crippen molar-refractivity contribution in [1.82, 2.24) is 4.98 Å². The number of hydrogen-bond donors (Lipinski definition) is 1. The van der Waals surface area contributed by atoms with E-state index in [2.05, 4.69) is 4.98 Å². The number of pyridine rings is 1. The molecule has 1 unspecified atom stereocenters. The van der Waals surface area contributed by atoms with Crippen LogP contribution in [-0.4, -0.2) is 11.8 Å². The summed E-state index contributed by atoms with van der Waals surface area (Å²) >= 11 is 0. The zero-order valence-corrected chi connectivity index (χ0v) is 10.5. The van der Waals surface area contributed by atoms with Gasteiger partial charge >= 0.3 is 0 Å². The minimum Gasteiger partial charge on any atom is -0.454 e. The van der Waals surface area contributed by atoms with Crippen LogP contribution in [0.5, 0.6) is 23.1 Å². The van der Waals surface area contributed by atoms with Crippen LogP contribution in [0.15, 0.2) is 36.5 Å². The van der Waals surface area contributed by atoms with Crippen molar-refractivity contribution in [2.75, 3.05) is 6.79 Å². The standard InChI is InChI=1S/C14H14N2O3/c1-9(15)10-2-5-14(16-7-10)19-11-3-4-12-13(6-11)18-8-17-12/h2-7,9H,8,15H2,1H3. The van der Waals surface area contributed by atoms with Crippen LogP contribution in [0, 0.1) is 0 Å². The van der Waals surface area contributed by atoms with E-state index < -0.39 is 0 Å². The van der Waals surface area contributed by atoms with Gasteiger partial charge in [0.1, 0.15) is 5.75 Å². The summed E-state index contributed by atoms with van der Waals surface area (Å²) in [5.74, 6) is 2.59. The summed E-state index contributed by atoms with van der Waals surface area (Å²) in [6.45, 7) is 2.16. The zero-order valence-electron chi connectivity index (χ0n) is 10.5. The van der Waals surface area contributed by atoms with Gasteiger partial charge in [-0.2, -0.15) is 0 Å². The van der Waals surface area contributed by atoms with Crippen LogP contribution in [0.25, 0.3) is 0 Å². The Balaban J connectivity index is 1.77. The predicted molar refractivity (Wildman–Crippen MR) is 69.5 cm³/mol. The summed E-state index contributed by atoms with van der Waals surface area (Å²) in [7, 11) is 0. The summed E-state index contributed by atoms with van der Waals surface area (Å²) < 4.78 is 16.2. The van der Waals surface area contributed by atoms with E-state index in [0.717, 1.165) is 11.3 Å². The fraction of sp³-hybridized carbons (Fsp3) is 0.214. The highest BCUT2D eigenvalue weighted by Crippen LogP contribution is 2.36. The minimum atomic E-state index is -0.0351. The SMILES string of the molecule is CC(N)c1ccc(Oc2ccc3c(c2)OCO3)nc1. The Hall–Kier alpha value is -2.27. The van der Waals surface area contributed by atoms with Gasteiger partial charge < -0.3 is 19.9 Å². The van der Waals surface area contributed by atoms with Crippen molar-refractivity contribution in [3.05, 3.63) is 42.1 Å². The largest absolute Gasteiger partial charge is 0.454 e. The molecule has 0 spiro atoms. The lowest BCUT2D eigenvalue weighted by Gasteiger charge is -2.08. The van der Waals surface area contributed by atoms with E-state index >= 15 is 0 Å². The molecule has 2 heterocycles. The van der Waals surface area contributed by atoms with Gasteiger partial charge in [0.2, 0.25) is 12.7 Å². The van der Waals surface area contributed by atoms with E-state index in [-0.39, 0.29) is 12.8 Å². The lowest BCUT2D eigenvalue weighted by molar-refractivity contribution is 0.174. The van der Waals surface area contributed by atoms with Crippen LogP contribution in [0.3, 0.4) is 0 Å². The smallest absolute Gasteiger partial charge is 0.231 e. The molecule has 3 rings (SSSR count). The van der Waals surface area contributed by atoms with Gasteiger partial charge in [-0.25, -0.2) is 4.98 Å². The van der Waals surface area contributed by atoms with E-state index in [0.29, 0.717) is 17.4 Å². The molecule has 0 saturated carbocycles. The van der Waals surface area contributed by atoms with Crippen molar-refractivity contribution in [2.24, 2.45) is 5.73 Å². The van der Waals surface area contributed by atoms with Gasteiger partial charge in [-0.1, -0.05) is 6.07 Å². The van der Waals surface area contributed by atoms with Crippen LogP contribution in [0.4, 0.5) is 0 Å². The summed E-state index contributed by atoms with van der Waals surface area (Å²) in [5.41, 5.74) is 6.74. The van der Waals surface area contributed by atoms with E-state index in [1.165, 1.54) is 0 Å². The summed E-state index contributed by atoms with van der Waals surface area (Å²) in [6.07, 6.45) is 1.72. The van der Waals surface area contributed by atoms with Gasteiger partial charge in [0.25, 0.3) is 0 Å². The molecule has 1 atom stereocenters. The van der Waals surface area contributed by atoms with Crippen LogP contribution in [0.1, 0.15) is 18.5 Å². The normalized spacial score (nSPS) is 14.2. The molecule has 1 aromatic heterocycles. The highest BCUT2D eigenvalue weighted by Gasteiger charge is 2.14. The van der Waals surface area contributed by atoms with Gasteiger partial charge in [0, 0.05) is 24.4 Å². The fourth-order valence-corrected chi connectivity index (χ4v) is 1.78. The van der Waals surface area contributed by atoms with Crippen molar-refractivity contribution in [3.8, 4) is 23.1 Å². The summed E-state index contributed by atoms with van der Waals surface area (Å²) in [5, 5.41) is 0. The van der Waals surface area contributed by atoms with Crippen molar-refractivity contribution in [1.29, 1.82) is 0 Å². The maximum Gasteiger partial charge on any atom is 0.231 e. The van der Waals surface area contributed by atoms with Gasteiger partial charge in [-0.05, 0) is 24.6 Å². The average molecular weight is 258 g/mol. The maximum atomic E-state index is 5.77. The lowest BCUT2D eigenvalue weighted by atomic mass is 10.2. The topological polar surface area (TPSA) is 66.6 Å². The van der Waals surface area contributed by atoms with Crippen molar-refractivity contribution in [3.63, 3.8) is 0 Å². The lowest BCUT2D eigenvalue weighted by Crippen LogP contribution is -2.05.